The zero-order chi connectivity index (χ0) is 18.5. The van der Waals surface area contributed by atoms with Crippen molar-refractivity contribution < 1.29 is 39.7 Å². The number of nitrogens with zero attached hydrogens (tertiary/aromatic N) is 1. The van der Waals surface area contributed by atoms with Gasteiger partial charge in [-0.3, -0.25) is 0 Å². The first-order valence-corrected chi connectivity index (χ1v) is 10.6. The van der Waals surface area contributed by atoms with E-state index in [1.54, 1.807) is 9.80 Å². The largest absolute Gasteiger partial charge is 1.00 e. The molecule has 0 aliphatic carbocycles. The summed E-state index contributed by atoms with van der Waals surface area (Å²) in [7, 11) is 0. The number of piperazine rings is 1. The molecule has 1 fully saturated rings. The Labute approximate surface area is 187 Å². The molecule has 0 saturated carbocycles. The number of aliphatic hydroxyl groups excluding tert-OH is 1. The van der Waals surface area contributed by atoms with Gasteiger partial charge in [0.2, 0.25) is 0 Å². The van der Waals surface area contributed by atoms with E-state index in [-0.39, 0.29) is 24.8 Å². The standard InChI is InChI=1S/C23H31N3O.2ClH/c27-19-18-25-16-14-24(15-17-25)12-5-13-26-22-8-3-1-6-20(22)10-11-21-7-2-4-9-23(21)26;;/h1-4,6-9,27H,5,10-19H2;2*1H. The van der Waals surface area contributed by atoms with Crippen LogP contribution in [0.4, 0.5) is 11.4 Å². The van der Waals surface area contributed by atoms with Gasteiger partial charge in [0.15, 0.2) is 0 Å². The molecule has 2 aliphatic rings. The zero-order valence-corrected chi connectivity index (χ0v) is 18.6. The average Bonchev–Trinajstić information content (AvgIpc) is 2.87. The second kappa shape index (κ2) is 11.8. The van der Waals surface area contributed by atoms with Crippen molar-refractivity contribution in [3.8, 4) is 0 Å². The molecular formula is C23H33Cl2N3O. The highest BCUT2D eigenvalue weighted by Crippen LogP contribution is 2.35. The molecule has 0 bridgehead atoms. The van der Waals surface area contributed by atoms with E-state index in [1.807, 2.05) is 0 Å². The van der Waals surface area contributed by atoms with Crippen molar-refractivity contribution in [2.75, 3.05) is 57.3 Å². The normalized spacial score (nSPS) is 20.5. The van der Waals surface area contributed by atoms with Crippen LogP contribution in [0.2, 0.25) is 0 Å². The summed E-state index contributed by atoms with van der Waals surface area (Å²) in [5, 5.41) is 9.12. The average molecular weight is 438 g/mol. The second-order valence-corrected chi connectivity index (χ2v) is 7.99. The summed E-state index contributed by atoms with van der Waals surface area (Å²) in [6.45, 7) is 8.44. The summed E-state index contributed by atoms with van der Waals surface area (Å²) in [4.78, 5) is 5.86. The second-order valence-electron chi connectivity index (χ2n) is 7.99. The van der Waals surface area contributed by atoms with Gasteiger partial charge < -0.3 is 44.6 Å². The summed E-state index contributed by atoms with van der Waals surface area (Å²) in [6, 6.07) is 17.9. The number of halogens is 2. The van der Waals surface area contributed by atoms with Gasteiger partial charge in [0, 0.05) is 24.3 Å². The number of hydrogen-bond donors (Lipinski definition) is 3. The molecule has 0 atom stereocenters. The van der Waals surface area contributed by atoms with Crippen LogP contribution in [0.15, 0.2) is 48.5 Å². The molecule has 0 radical (unpaired) electrons. The van der Waals surface area contributed by atoms with Crippen molar-refractivity contribution in [1.29, 1.82) is 0 Å². The van der Waals surface area contributed by atoms with Crippen molar-refractivity contribution >= 4 is 11.4 Å². The van der Waals surface area contributed by atoms with Gasteiger partial charge in [-0.25, -0.2) is 0 Å². The van der Waals surface area contributed by atoms with Gasteiger partial charge in [-0.15, -0.1) is 0 Å². The molecular weight excluding hydrogens is 405 g/mol. The molecule has 0 spiro atoms. The molecule has 6 heteroatoms. The predicted molar refractivity (Wildman–Crippen MR) is 110 cm³/mol. The van der Waals surface area contributed by atoms with Crippen LogP contribution in [0, 0.1) is 0 Å². The summed E-state index contributed by atoms with van der Waals surface area (Å²) in [5.74, 6) is 0. The van der Waals surface area contributed by atoms with Gasteiger partial charge in [0.05, 0.1) is 13.2 Å². The van der Waals surface area contributed by atoms with E-state index in [9.17, 15) is 0 Å². The molecule has 1 saturated heterocycles. The zero-order valence-electron chi connectivity index (χ0n) is 17.0. The van der Waals surface area contributed by atoms with Gasteiger partial charge >= 0.3 is 0 Å². The first kappa shape index (κ1) is 24.0. The fraction of sp³-hybridized carbons (Fsp3) is 0.478. The molecule has 29 heavy (non-hydrogen) atoms. The fourth-order valence-electron chi connectivity index (χ4n) is 4.71. The summed E-state index contributed by atoms with van der Waals surface area (Å²) < 4.78 is 0. The van der Waals surface area contributed by atoms with Gasteiger partial charge in [0.1, 0.15) is 32.7 Å². The number of nitrogens with one attached hydrogen (secondary N) is 2. The Kier molecular flexibility index (Phi) is 9.73. The van der Waals surface area contributed by atoms with Gasteiger partial charge in [0.25, 0.3) is 0 Å². The maximum atomic E-state index is 9.12. The number of quaternary nitrogens is 2. The van der Waals surface area contributed by atoms with Gasteiger partial charge in [-0.05, 0) is 36.1 Å². The maximum absolute atomic E-state index is 9.12. The van der Waals surface area contributed by atoms with Crippen LogP contribution in [-0.2, 0) is 12.8 Å². The van der Waals surface area contributed by atoms with Crippen LogP contribution in [0.1, 0.15) is 17.5 Å². The molecule has 3 N–H and O–H groups in total. The fourth-order valence-corrected chi connectivity index (χ4v) is 4.71. The predicted octanol–water partition coefficient (Wildman–Crippen LogP) is -5.90. The lowest BCUT2D eigenvalue weighted by molar-refractivity contribution is -1.01. The molecule has 0 aromatic heterocycles. The minimum atomic E-state index is 0. The third kappa shape index (κ3) is 5.87. The van der Waals surface area contributed by atoms with E-state index in [0.29, 0.717) is 6.61 Å². The first-order chi connectivity index (χ1) is 13.3. The van der Waals surface area contributed by atoms with Crippen molar-refractivity contribution in [3.05, 3.63) is 59.7 Å². The lowest BCUT2D eigenvalue weighted by atomic mass is 10.0. The Balaban J connectivity index is 0.00000150. The van der Waals surface area contributed by atoms with Gasteiger partial charge in [-0.1, -0.05) is 36.4 Å². The number of benzene rings is 2. The van der Waals surface area contributed by atoms with Crippen LogP contribution in [0.25, 0.3) is 0 Å². The van der Waals surface area contributed by atoms with Crippen LogP contribution in [-0.4, -0.2) is 57.5 Å². The third-order valence-corrected chi connectivity index (χ3v) is 6.27. The number of aryl methyl sites for hydroxylation is 2. The van der Waals surface area contributed by atoms with E-state index >= 15 is 0 Å². The third-order valence-electron chi connectivity index (χ3n) is 6.27. The van der Waals surface area contributed by atoms with E-state index in [1.165, 1.54) is 61.6 Å². The van der Waals surface area contributed by atoms with E-state index < -0.39 is 0 Å². The quantitative estimate of drug-likeness (QED) is 0.420. The van der Waals surface area contributed by atoms with E-state index in [4.69, 9.17) is 5.11 Å². The first-order valence-electron chi connectivity index (χ1n) is 10.6. The van der Waals surface area contributed by atoms with Crippen LogP contribution in [0.3, 0.4) is 0 Å². The molecule has 0 amide bonds. The smallest absolute Gasteiger partial charge is 0.127 e. The summed E-state index contributed by atoms with van der Waals surface area (Å²) >= 11 is 0. The van der Waals surface area contributed by atoms with Gasteiger partial charge in [-0.2, -0.15) is 0 Å². The molecule has 160 valence electrons. The van der Waals surface area contributed by atoms with Crippen molar-refractivity contribution in [3.63, 3.8) is 0 Å². The minimum absolute atomic E-state index is 0. The van der Waals surface area contributed by atoms with Crippen molar-refractivity contribution in [2.24, 2.45) is 0 Å². The molecule has 0 unspecified atom stereocenters. The summed E-state index contributed by atoms with van der Waals surface area (Å²) in [5.41, 5.74) is 5.74. The lowest BCUT2D eigenvalue weighted by Gasteiger charge is -2.31. The molecule has 2 aromatic rings. The molecule has 2 heterocycles. The van der Waals surface area contributed by atoms with E-state index in [2.05, 4.69) is 53.4 Å². The number of anilines is 2. The van der Waals surface area contributed by atoms with Crippen molar-refractivity contribution in [1.82, 2.24) is 0 Å². The lowest BCUT2D eigenvalue weighted by Crippen LogP contribution is -3.28. The minimum Gasteiger partial charge on any atom is -1.00 e. The molecule has 2 aromatic carbocycles. The monoisotopic (exact) mass is 437 g/mol. The van der Waals surface area contributed by atoms with Crippen LogP contribution < -0.4 is 39.5 Å². The Hall–Kier alpha value is -1.30. The number of rotatable bonds is 6. The SMILES string of the molecule is OCC[NH+]1CC[NH+](CCCN2c3ccccc3CCc3ccccc32)CC1.[Cl-].[Cl-]. The van der Waals surface area contributed by atoms with Crippen molar-refractivity contribution in [2.45, 2.75) is 19.3 Å². The Bertz CT molecular complexity index is 703. The van der Waals surface area contributed by atoms with Crippen LogP contribution in [0.5, 0.6) is 0 Å². The van der Waals surface area contributed by atoms with E-state index in [0.717, 1.165) is 25.9 Å². The number of aliphatic hydroxyl groups is 1. The maximum Gasteiger partial charge on any atom is 0.127 e. The number of hydrogen-bond acceptors (Lipinski definition) is 2. The molecule has 2 aliphatic heterocycles. The highest BCUT2D eigenvalue weighted by Gasteiger charge is 2.23. The highest BCUT2D eigenvalue weighted by atomic mass is 35.5. The Morgan fingerprint density at radius 3 is 1.72 bits per heavy atom. The summed E-state index contributed by atoms with van der Waals surface area (Å²) in [6.07, 6.45) is 3.47. The molecule has 4 nitrogen and oxygen atoms in total. The Morgan fingerprint density at radius 2 is 1.21 bits per heavy atom. The highest BCUT2D eigenvalue weighted by molar-refractivity contribution is 5.71. The Morgan fingerprint density at radius 1 is 0.724 bits per heavy atom. The number of fused-ring (bicyclic) bond motifs is 2. The molecule has 4 rings (SSSR count). The topological polar surface area (TPSA) is 32.4 Å². The van der Waals surface area contributed by atoms with Crippen LogP contribution >= 0.6 is 0 Å². The number of para-hydroxylation sites is 2.